The molecule has 27 heavy (non-hydrogen) atoms. The minimum Gasteiger partial charge on any atom is -0.507 e. The number of rotatable bonds is 5. The van der Waals surface area contributed by atoms with E-state index in [2.05, 4.69) is 71.9 Å². The summed E-state index contributed by atoms with van der Waals surface area (Å²) in [6, 6.07) is 10.9. The maximum absolute atomic E-state index is 11.0. The summed E-state index contributed by atoms with van der Waals surface area (Å²) in [4.78, 5) is 0. The number of aromatic hydroxyl groups is 1. The van der Waals surface area contributed by atoms with E-state index >= 15 is 0 Å². The highest BCUT2D eigenvalue weighted by Crippen LogP contribution is 2.42. The van der Waals surface area contributed by atoms with Crippen molar-refractivity contribution in [3.8, 4) is 16.9 Å². The molecule has 0 amide bonds. The van der Waals surface area contributed by atoms with E-state index in [-0.39, 0.29) is 10.8 Å². The standard InChI is InChI=1S/C24H36N2O/c1-23(2,3)20-14-19(15-21(22(20)27)24(4,5)6)18-12-16(7-9-25)11-17(13-18)8-10-26/h11-15,27H,7-10,25-26H2,1-6H3. The molecule has 0 radical (unpaired) electrons. The zero-order valence-corrected chi connectivity index (χ0v) is 17.8. The van der Waals surface area contributed by atoms with Crippen molar-refractivity contribution >= 4 is 0 Å². The van der Waals surface area contributed by atoms with E-state index in [9.17, 15) is 5.11 Å². The second kappa shape index (κ2) is 8.04. The van der Waals surface area contributed by atoms with Gasteiger partial charge >= 0.3 is 0 Å². The molecular formula is C24H36N2O. The Labute approximate surface area is 164 Å². The first-order chi connectivity index (χ1) is 12.5. The van der Waals surface area contributed by atoms with Crippen molar-refractivity contribution in [1.82, 2.24) is 0 Å². The van der Waals surface area contributed by atoms with Gasteiger partial charge in [-0.2, -0.15) is 0 Å². The van der Waals surface area contributed by atoms with E-state index in [1.165, 1.54) is 16.7 Å². The summed E-state index contributed by atoms with van der Waals surface area (Å²) in [6.45, 7) is 14.1. The Morgan fingerprint density at radius 3 is 1.37 bits per heavy atom. The molecular weight excluding hydrogens is 332 g/mol. The Hall–Kier alpha value is -1.84. The van der Waals surface area contributed by atoms with Crippen LogP contribution in [0.3, 0.4) is 0 Å². The highest BCUT2D eigenvalue weighted by Gasteiger charge is 2.26. The first kappa shape index (κ1) is 21.5. The van der Waals surface area contributed by atoms with Gasteiger partial charge in [-0.1, -0.05) is 59.7 Å². The predicted octanol–water partition coefficient (Wildman–Crippen LogP) is 4.66. The molecule has 0 bridgehead atoms. The number of hydrogen-bond donors (Lipinski definition) is 3. The van der Waals surface area contributed by atoms with Crippen LogP contribution in [0, 0.1) is 0 Å². The fourth-order valence-electron chi connectivity index (χ4n) is 3.50. The van der Waals surface area contributed by atoms with Crippen LogP contribution < -0.4 is 11.5 Å². The third kappa shape index (κ3) is 5.12. The summed E-state index contributed by atoms with van der Waals surface area (Å²) >= 11 is 0. The van der Waals surface area contributed by atoms with Gasteiger partial charge < -0.3 is 16.6 Å². The minimum absolute atomic E-state index is 0.144. The summed E-state index contributed by atoms with van der Waals surface area (Å²) in [5.41, 5.74) is 18.1. The number of phenolic OH excluding ortho intramolecular Hbond substituents is 1. The maximum Gasteiger partial charge on any atom is 0.123 e. The molecule has 0 heterocycles. The Bertz CT molecular complexity index is 736. The molecule has 0 aromatic heterocycles. The van der Waals surface area contributed by atoms with Gasteiger partial charge in [0.2, 0.25) is 0 Å². The minimum atomic E-state index is -0.144. The lowest BCUT2D eigenvalue weighted by molar-refractivity contribution is 0.423. The van der Waals surface area contributed by atoms with Crippen molar-refractivity contribution in [2.45, 2.75) is 65.2 Å². The summed E-state index contributed by atoms with van der Waals surface area (Å²) in [6.07, 6.45) is 1.70. The highest BCUT2D eigenvalue weighted by atomic mass is 16.3. The molecule has 2 aromatic rings. The van der Waals surface area contributed by atoms with Crippen molar-refractivity contribution < 1.29 is 5.11 Å². The Balaban J connectivity index is 2.74. The van der Waals surface area contributed by atoms with Gasteiger partial charge in [-0.3, -0.25) is 0 Å². The lowest BCUT2D eigenvalue weighted by Gasteiger charge is -2.28. The molecule has 3 heteroatoms. The molecule has 2 aromatic carbocycles. The average Bonchev–Trinajstić information content (AvgIpc) is 2.53. The van der Waals surface area contributed by atoms with E-state index in [1.54, 1.807) is 0 Å². The van der Waals surface area contributed by atoms with Gasteiger partial charge in [0.05, 0.1) is 0 Å². The van der Waals surface area contributed by atoms with Crippen LogP contribution >= 0.6 is 0 Å². The molecule has 2 rings (SSSR count). The molecule has 5 N–H and O–H groups in total. The van der Waals surface area contributed by atoms with Crippen LogP contribution in [0.15, 0.2) is 30.3 Å². The molecule has 0 aliphatic heterocycles. The van der Waals surface area contributed by atoms with Crippen molar-refractivity contribution in [3.05, 3.63) is 52.6 Å². The van der Waals surface area contributed by atoms with Crippen LogP contribution in [0.4, 0.5) is 0 Å². The Morgan fingerprint density at radius 1 is 0.667 bits per heavy atom. The monoisotopic (exact) mass is 368 g/mol. The van der Waals surface area contributed by atoms with Gasteiger partial charge in [0.15, 0.2) is 0 Å². The Kier molecular flexibility index (Phi) is 6.39. The molecule has 0 saturated heterocycles. The van der Waals surface area contributed by atoms with E-state index in [1.807, 2.05) is 0 Å². The average molecular weight is 369 g/mol. The topological polar surface area (TPSA) is 72.3 Å². The van der Waals surface area contributed by atoms with E-state index < -0.39 is 0 Å². The van der Waals surface area contributed by atoms with Crippen LogP contribution in [0.5, 0.6) is 5.75 Å². The van der Waals surface area contributed by atoms with Gasteiger partial charge in [0, 0.05) is 11.1 Å². The Morgan fingerprint density at radius 2 is 1.04 bits per heavy atom. The first-order valence-electron chi connectivity index (χ1n) is 9.88. The lowest BCUT2D eigenvalue weighted by atomic mass is 9.77. The summed E-state index contributed by atoms with van der Waals surface area (Å²) < 4.78 is 0. The quantitative estimate of drug-likeness (QED) is 0.719. The van der Waals surface area contributed by atoms with Gasteiger partial charge in [-0.05, 0) is 71.1 Å². The van der Waals surface area contributed by atoms with Gasteiger partial charge in [-0.25, -0.2) is 0 Å². The predicted molar refractivity (Wildman–Crippen MR) is 116 cm³/mol. The smallest absolute Gasteiger partial charge is 0.123 e. The van der Waals surface area contributed by atoms with Crippen molar-refractivity contribution in [2.75, 3.05) is 13.1 Å². The van der Waals surface area contributed by atoms with Gasteiger partial charge in [0.25, 0.3) is 0 Å². The SMILES string of the molecule is CC(C)(C)c1cc(-c2cc(CCN)cc(CCN)c2)cc(C(C)(C)C)c1O. The molecule has 148 valence electrons. The fraction of sp³-hybridized carbons (Fsp3) is 0.500. The lowest BCUT2D eigenvalue weighted by Crippen LogP contribution is -2.17. The second-order valence-corrected chi connectivity index (χ2v) is 9.54. The molecule has 0 unspecified atom stereocenters. The first-order valence-corrected chi connectivity index (χ1v) is 9.88. The van der Waals surface area contributed by atoms with E-state index in [0.717, 1.165) is 29.5 Å². The largest absolute Gasteiger partial charge is 0.507 e. The molecule has 0 saturated carbocycles. The summed E-state index contributed by atoms with van der Waals surface area (Å²) in [7, 11) is 0. The number of phenols is 1. The third-order valence-corrected chi connectivity index (χ3v) is 4.98. The van der Waals surface area contributed by atoms with E-state index in [4.69, 9.17) is 11.5 Å². The third-order valence-electron chi connectivity index (χ3n) is 4.98. The normalized spacial score (nSPS) is 12.4. The fourth-order valence-corrected chi connectivity index (χ4v) is 3.50. The van der Waals surface area contributed by atoms with Gasteiger partial charge in [0.1, 0.15) is 5.75 Å². The molecule has 0 atom stereocenters. The van der Waals surface area contributed by atoms with Crippen molar-refractivity contribution in [1.29, 1.82) is 0 Å². The molecule has 0 aliphatic carbocycles. The molecule has 0 spiro atoms. The number of benzene rings is 2. The van der Waals surface area contributed by atoms with E-state index in [0.29, 0.717) is 18.8 Å². The van der Waals surface area contributed by atoms with Crippen LogP contribution in [0.25, 0.3) is 11.1 Å². The summed E-state index contributed by atoms with van der Waals surface area (Å²) in [5, 5.41) is 11.0. The number of nitrogens with two attached hydrogens (primary N) is 2. The van der Waals surface area contributed by atoms with Crippen LogP contribution in [-0.4, -0.2) is 18.2 Å². The van der Waals surface area contributed by atoms with Crippen molar-refractivity contribution in [3.63, 3.8) is 0 Å². The second-order valence-electron chi connectivity index (χ2n) is 9.54. The maximum atomic E-state index is 11.0. The molecule has 3 nitrogen and oxygen atoms in total. The number of hydrogen-bond acceptors (Lipinski definition) is 3. The molecule has 0 fully saturated rings. The molecule has 0 aliphatic rings. The van der Waals surface area contributed by atoms with Crippen molar-refractivity contribution in [2.24, 2.45) is 11.5 Å². The summed E-state index contributed by atoms with van der Waals surface area (Å²) in [5.74, 6) is 0.416. The van der Waals surface area contributed by atoms with Gasteiger partial charge in [-0.15, -0.1) is 0 Å². The highest BCUT2D eigenvalue weighted by molar-refractivity contribution is 5.70. The van der Waals surface area contributed by atoms with Crippen LogP contribution in [-0.2, 0) is 23.7 Å². The van der Waals surface area contributed by atoms with Crippen LogP contribution in [0.2, 0.25) is 0 Å². The zero-order chi connectivity index (χ0) is 20.4. The van der Waals surface area contributed by atoms with Crippen LogP contribution in [0.1, 0.15) is 63.8 Å². The zero-order valence-electron chi connectivity index (χ0n) is 17.8.